The second kappa shape index (κ2) is 6.59. The molecule has 6 nitrogen and oxygen atoms in total. The fourth-order valence-electron chi connectivity index (χ4n) is 4.47. The number of piperidine rings is 1. The molecule has 1 saturated heterocycles. The highest BCUT2D eigenvalue weighted by Gasteiger charge is 2.46. The minimum atomic E-state index is -0.166. The zero-order valence-corrected chi connectivity index (χ0v) is 15.6. The van der Waals surface area contributed by atoms with Crippen molar-refractivity contribution in [3.8, 4) is 5.75 Å². The van der Waals surface area contributed by atoms with E-state index in [1.54, 1.807) is 12.4 Å². The van der Waals surface area contributed by atoms with E-state index in [1.807, 2.05) is 4.90 Å². The van der Waals surface area contributed by atoms with Crippen LogP contribution >= 0.6 is 11.6 Å². The predicted molar refractivity (Wildman–Crippen MR) is 99.5 cm³/mol. The molecule has 0 aliphatic carbocycles. The third-order valence-electron chi connectivity index (χ3n) is 5.84. The number of benzene rings is 1. The molecule has 1 aromatic carbocycles. The Morgan fingerprint density at radius 1 is 1.35 bits per heavy atom. The summed E-state index contributed by atoms with van der Waals surface area (Å²) in [7, 11) is 0. The third-order valence-corrected chi connectivity index (χ3v) is 6.08. The van der Waals surface area contributed by atoms with E-state index in [-0.39, 0.29) is 22.8 Å². The Hall–Kier alpha value is -2.05. The lowest BCUT2D eigenvalue weighted by atomic mass is 9.78. The number of carbonyl (C=O) groups excluding carboxylic acids is 1. The highest BCUT2D eigenvalue weighted by atomic mass is 35.5. The zero-order valence-electron chi connectivity index (χ0n) is 14.8. The van der Waals surface area contributed by atoms with Gasteiger partial charge in [0.2, 0.25) is 0 Å². The van der Waals surface area contributed by atoms with Crippen LogP contribution in [0.4, 0.5) is 0 Å². The topological polar surface area (TPSA) is 72.5 Å². The predicted octanol–water partition coefficient (Wildman–Crippen LogP) is 2.78. The molecule has 1 fully saturated rings. The Morgan fingerprint density at radius 2 is 2.12 bits per heavy atom. The van der Waals surface area contributed by atoms with Crippen LogP contribution in [0.2, 0.25) is 5.02 Å². The smallest absolute Gasteiger partial charge is 0.257 e. The van der Waals surface area contributed by atoms with Gasteiger partial charge in [0.1, 0.15) is 5.75 Å². The summed E-state index contributed by atoms with van der Waals surface area (Å²) in [6, 6.07) is 4.59. The maximum absolute atomic E-state index is 12.9. The number of aromatic hydroxyl groups is 1. The molecule has 0 radical (unpaired) electrons. The van der Waals surface area contributed by atoms with Gasteiger partial charge in [0.05, 0.1) is 23.1 Å². The number of nitrogens with one attached hydrogen (secondary N) is 1. The first-order valence-corrected chi connectivity index (χ1v) is 9.48. The van der Waals surface area contributed by atoms with Crippen molar-refractivity contribution in [2.24, 2.45) is 0 Å². The number of fused-ring (bicyclic) bond motifs is 2. The van der Waals surface area contributed by atoms with E-state index in [0.717, 1.165) is 38.0 Å². The molecular weight excluding hydrogens is 352 g/mol. The van der Waals surface area contributed by atoms with Crippen molar-refractivity contribution >= 4 is 17.5 Å². The summed E-state index contributed by atoms with van der Waals surface area (Å²) in [4.78, 5) is 25.1. The highest BCUT2D eigenvalue weighted by molar-refractivity contribution is 6.31. The summed E-state index contributed by atoms with van der Waals surface area (Å²) in [6.07, 6.45) is 4.45. The van der Waals surface area contributed by atoms with Crippen LogP contribution in [0.15, 0.2) is 24.5 Å². The van der Waals surface area contributed by atoms with Gasteiger partial charge in [-0.05, 0) is 37.6 Å². The van der Waals surface area contributed by atoms with Crippen molar-refractivity contribution in [1.82, 2.24) is 19.8 Å². The standard InChI is InChI=1S/C19H23ClN4O2/c1-2-24-8-5-15-17(22-12-21-15)19(24)6-9-23(10-7-19)18(26)14-11-13(20)3-4-16(14)25/h3-4,11-12,25H,2,5-10H2,1H3,(H,21,22). The van der Waals surface area contributed by atoms with E-state index < -0.39 is 0 Å². The molecule has 2 aliphatic rings. The molecule has 7 heteroatoms. The first-order chi connectivity index (χ1) is 12.5. The van der Waals surface area contributed by atoms with Crippen molar-refractivity contribution in [1.29, 1.82) is 0 Å². The number of phenols is 1. The van der Waals surface area contributed by atoms with Gasteiger partial charge in [0.25, 0.3) is 5.91 Å². The molecule has 1 spiro atoms. The molecule has 0 saturated carbocycles. The monoisotopic (exact) mass is 374 g/mol. The number of hydrogen-bond acceptors (Lipinski definition) is 4. The average Bonchev–Trinajstić information content (AvgIpc) is 3.14. The van der Waals surface area contributed by atoms with E-state index in [0.29, 0.717) is 18.1 Å². The van der Waals surface area contributed by atoms with E-state index in [2.05, 4.69) is 21.8 Å². The molecule has 26 heavy (non-hydrogen) atoms. The number of amides is 1. The molecule has 3 heterocycles. The van der Waals surface area contributed by atoms with Gasteiger partial charge in [-0.2, -0.15) is 0 Å². The zero-order chi connectivity index (χ0) is 18.3. The van der Waals surface area contributed by atoms with Crippen LogP contribution in [0.25, 0.3) is 0 Å². The lowest BCUT2D eigenvalue weighted by molar-refractivity contribution is 0.0102. The van der Waals surface area contributed by atoms with Gasteiger partial charge < -0.3 is 15.0 Å². The number of aromatic amines is 1. The molecule has 0 unspecified atom stereocenters. The number of likely N-dealkylation sites (N-methyl/N-ethyl adjacent to an activating group) is 1. The largest absolute Gasteiger partial charge is 0.507 e. The highest BCUT2D eigenvalue weighted by Crippen LogP contribution is 2.42. The van der Waals surface area contributed by atoms with Crippen molar-refractivity contribution < 1.29 is 9.90 Å². The summed E-state index contributed by atoms with van der Waals surface area (Å²) in [5.74, 6) is -0.192. The average molecular weight is 375 g/mol. The van der Waals surface area contributed by atoms with Crippen LogP contribution in [0, 0.1) is 0 Å². The second-order valence-corrected chi connectivity index (χ2v) is 7.48. The fourth-order valence-corrected chi connectivity index (χ4v) is 4.64. The summed E-state index contributed by atoms with van der Waals surface area (Å²) >= 11 is 6.00. The Morgan fingerprint density at radius 3 is 2.85 bits per heavy atom. The van der Waals surface area contributed by atoms with Gasteiger partial charge >= 0.3 is 0 Å². The van der Waals surface area contributed by atoms with E-state index in [4.69, 9.17) is 11.6 Å². The second-order valence-electron chi connectivity index (χ2n) is 7.04. The van der Waals surface area contributed by atoms with E-state index >= 15 is 0 Å². The number of rotatable bonds is 2. The summed E-state index contributed by atoms with van der Waals surface area (Å²) in [5.41, 5.74) is 2.53. The van der Waals surface area contributed by atoms with Crippen molar-refractivity contribution in [2.45, 2.75) is 31.7 Å². The quantitative estimate of drug-likeness (QED) is 0.847. The van der Waals surface area contributed by atoms with Gasteiger partial charge in [-0.15, -0.1) is 0 Å². The SMILES string of the molecule is CCN1CCc2[nH]cnc2C12CCN(C(=O)c1cc(Cl)ccc1O)CC2. The lowest BCUT2D eigenvalue weighted by Gasteiger charge is -2.50. The van der Waals surface area contributed by atoms with Crippen molar-refractivity contribution in [2.75, 3.05) is 26.2 Å². The number of likely N-dealkylation sites (tertiary alicyclic amines) is 1. The number of halogens is 1. The van der Waals surface area contributed by atoms with Gasteiger partial charge in [-0.3, -0.25) is 9.69 Å². The number of H-pyrrole nitrogens is 1. The molecule has 1 aromatic heterocycles. The van der Waals surface area contributed by atoms with Crippen LogP contribution < -0.4 is 0 Å². The number of imidazole rings is 1. The number of phenolic OH excluding ortho intramolecular Hbond substituents is 1. The molecule has 0 atom stereocenters. The Kier molecular flexibility index (Phi) is 4.40. The van der Waals surface area contributed by atoms with E-state index in [1.165, 1.54) is 17.8 Å². The van der Waals surface area contributed by atoms with E-state index in [9.17, 15) is 9.90 Å². The Bertz CT molecular complexity index is 827. The normalized spacial score (nSPS) is 19.5. The van der Waals surface area contributed by atoms with Crippen LogP contribution in [0.3, 0.4) is 0 Å². The molecule has 1 amide bonds. The molecule has 2 N–H and O–H groups in total. The van der Waals surface area contributed by atoms with Crippen molar-refractivity contribution in [3.05, 3.63) is 46.5 Å². The minimum absolute atomic E-state index is 0.0258. The van der Waals surface area contributed by atoms with Crippen LogP contribution in [0.1, 0.15) is 41.5 Å². The molecule has 0 bridgehead atoms. The number of nitrogens with zero attached hydrogens (tertiary/aromatic N) is 3. The molecular formula is C19H23ClN4O2. The van der Waals surface area contributed by atoms with Crippen molar-refractivity contribution in [3.63, 3.8) is 0 Å². The maximum Gasteiger partial charge on any atom is 0.257 e. The van der Waals surface area contributed by atoms with Crippen LogP contribution in [-0.2, 0) is 12.0 Å². The number of hydrogen-bond donors (Lipinski definition) is 2. The van der Waals surface area contributed by atoms with Gasteiger partial charge in [0.15, 0.2) is 0 Å². The minimum Gasteiger partial charge on any atom is -0.507 e. The molecule has 138 valence electrons. The van der Waals surface area contributed by atoms with Gasteiger partial charge in [-0.25, -0.2) is 4.98 Å². The van der Waals surface area contributed by atoms with Gasteiger partial charge in [0, 0.05) is 36.8 Å². The summed E-state index contributed by atoms with van der Waals surface area (Å²) in [5, 5.41) is 10.5. The molecule has 4 rings (SSSR count). The molecule has 2 aromatic rings. The first-order valence-electron chi connectivity index (χ1n) is 9.11. The van der Waals surface area contributed by atoms with Gasteiger partial charge in [-0.1, -0.05) is 18.5 Å². The maximum atomic E-state index is 12.9. The Balaban J connectivity index is 1.57. The Labute approximate surface area is 157 Å². The summed E-state index contributed by atoms with van der Waals surface area (Å²) < 4.78 is 0. The number of aromatic nitrogens is 2. The molecule has 2 aliphatic heterocycles. The first kappa shape index (κ1) is 17.4. The summed E-state index contributed by atoms with van der Waals surface area (Å²) in [6.45, 7) is 5.42. The lowest BCUT2D eigenvalue weighted by Crippen LogP contribution is -2.57. The fraction of sp³-hybridized carbons (Fsp3) is 0.474. The number of carbonyl (C=O) groups is 1. The third kappa shape index (κ3) is 2.68. The van der Waals surface area contributed by atoms with Crippen LogP contribution in [0.5, 0.6) is 5.75 Å². The van der Waals surface area contributed by atoms with Crippen LogP contribution in [-0.4, -0.2) is 57.0 Å².